The predicted octanol–water partition coefficient (Wildman–Crippen LogP) is 2.78. The Morgan fingerprint density at radius 2 is 2.45 bits per heavy atom. The van der Waals surface area contributed by atoms with Crippen LogP contribution in [0.3, 0.4) is 0 Å². The smallest absolute Gasteiger partial charge is 0.358 e. The van der Waals surface area contributed by atoms with Crippen LogP contribution in [0.4, 0.5) is 0 Å². The van der Waals surface area contributed by atoms with Crippen LogP contribution in [-0.2, 0) is 4.74 Å². The molecule has 0 amide bonds. The summed E-state index contributed by atoms with van der Waals surface area (Å²) in [5.74, 6) is -0.837. The summed E-state index contributed by atoms with van der Waals surface area (Å²) in [6, 6.07) is 0. The van der Waals surface area contributed by atoms with Crippen molar-refractivity contribution in [1.82, 2.24) is 9.38 Å². The molecule has 1 unspecified atom stereocenters. The minimum absolute atomic E-state index is 0.147. The lowest BCUT2D eigenvalue weighted by Gasteiger charge is -2.14. The molecule has 7 nitrogen and oxygen atoms in total. The van der Waals surface area contributed by atoms with Gasteiger partial charge in [0.15, 0.2) is 10.7 Å². The maximum absolute atomic E-state index is 11.7. The Bertz CT molecular complexity index is 802. The van der Waals surface area contributed by atoms with Crippen LogP contribution in [0.2, 0.25) is 0 Å². The highest BCUT2D eigenvalue weighted by Crippen LogP contribution is 2.34. The number of nitro groups is 1. The fourth-order valence-corrected chi connectivity index (χ4v) is 3.36. The van der Waals surface area contributed by atoms with E-state index in [4.69, 9.17) is 4.74 Å². The molecule has 2 heterocycles. The topological polar surface area (TPSA) is 86.7 Å². The van der Waals surface area contributed by atoms with E-state index in [1.807, 2.05) is 11.5 Å². The zero-order chi connectivity index (χ0) is 15.7. The van der Waals surface area contributed by atoms with Gasteiger partial charge in [0, 0.05) is 23.3 Å². The van der Waals surface area contributed by atoms with Crippen LogP contribution in [0.1, 0.15) is 35.4 Å². The molecule has 3 rings (SSSR count). The van der Waals surface area contributed by atoms with Crippen LogP contribution in [0, 0.1) is 10.1 Å². The van der Waals surface area contributed by atoms with Gasteiger partial charge in [0.25, 0.3) is 5.70 Å². The third-order valence-corrected chi connectivity index (χ3v) is 4.28. The molecule has 0 saturated carbocycles. The Kier molecular flexibility index (Phi) is 3.76. The minimum Gasteiger partial charge on any atom is -0.461 e. The average molecular weight is 319 g/mol. The number of allylic oxidation sites excluding steroid dienone is 4. The van der Waals surface area contributed by atoms with Crippen molar-refractivity contribution in [3.63, 3.8) is 0 Å². The summed E-state index contributed by atoms with van der Waals surface area (Å²) in [4.78, 5) is 27.4. The van der Waals surface area contributed by atoms with E-state index in [-0.39, 0.29) is 28.8 Å². The summed E-state index contributed by atoms with van der Waals surface area (Å²) in [6.45, 7) is 2.00. The van der Waals surface area contributed by atoms with Crippen LogP contribution < -0.4 is 0 Å². The van der Waals surface area contributed by atoms with Gasteiger partial charge in [0.05, 0.1) is 17.4 Å². The molecular weight excluding hydrogens is 306 g/mol. The molecule has 0 saturated heterocycles. The summed E-state index contributed by atoms with van der Waals surface area (Å²) in [5.41, 5.74) is 1.12. The second-order valence-corrected chi connectivity index (χ2v) is 5.56. The monoisotopic (exact) mass is 319 g/mol. The minimum atomic E-state index is -0.488. The van der Waals surface area contributed by atoms with Gasteiger partial charge >= 0.3 is 5.97 Å². The van der Waals surface area contributed by atoms with Gasteiger partial charge in [-0.25, -0.2) is 9.78 Å². The third-order valence-electron chi connectivity index (χ3n) is 3.42. The molecule has 2 aromatic heterocycles. The van der Waals surface area contributed by atoms with Crippen LogP contribution >= 0.6 is 11.3 Å². The first kappa shape index (κ1) is 14.5. The second kappa shape index (κ2) is 5.72. The molecule has 8 heteroatoms. The fourth-order valence-electron chi connectivity index (χ4n) is 2.43. The molecule has 1 aliphatic carbocycles. The van der Waals surface area contributed by atoms with E-state index in [1.165, 1.54) is 17.4 Å². The van der Waals surface area contributed by atoms with Gasteiger partial charge in [-0.3, -0.25) is 14.5 Å². The lowest BCUT2D eigenvalue weighted by molar-refractivity contribution is -0.430. The SMILES string of the molecule is CCOC(=O)c1cn2c(C3CC=CC=C3[N+](=O)[O-])csc2n1. The highest BCUT2D eigenvalue weighted by molar-refractivity contribution is 7.15. The standard InChI is InChI=1S/C14H13N3O4S/c1-2-21-13(18)10-7-16-12(8-22-14(16)15-10)9-5-3-4-6-11(9)17(19)20/h3-4,6-9H,2,5H2,1H3. The molecule has 2 aromatic rings. The maximum Gasteiger partial charge on any atom is 0.358 e. The van der Waals surface area contributed by atoms with Gasteiger partial charge in [-0.2, -0.15) is 0 Å². The average Bonchev–Trinajstić information content (AvgIpc) is 3.07. The number of esters is 1. The number of hydrogen-bond acceptors (Lipinski definition) is 6. The highest BCUT2D eigenvalue weighted by atomic mass is 32.1. The van der Waals surface area contributed by atoms with Gasteiger partial charge in [-0.1, -0.05) is 12.2 Å². The first-order valence-corrected chi connectivity index (χ1v) is 7.64. The summed E-state index contributed by atoms with van der Waals surface area (Å²) in [7, 11) is 0. The molecule has 0 N–H and O–H groups in total. The van der Waals surface area contributed by atoms with E-state index >= 15 is 0 Å². The van der Waals surface area contributed by atoms with Crippen molar-refractivity contribution in [2.45, 2.75) is 19.3 Å². The number of fused-ring (bicyclic) bond motifs is 1. The van der Waals surface area contributed by atoms with Gasteiger partial charge in [0.2, 0.25) is 0 Å². The lowest BCUT2D eigenvalue weighted by atomic mass is 9.94. The van der Waals surface area contributed by atoms with E-state index in [0.29, 0.717) is 11.4 Å². The summed E-state index contributed by atoms with van der Waals surface area (Å²) in [5, 5.41) is 13.0. The van der Waals surface area contributed by atoms with Crippen molar-refractivity contribution < 1.29 is 14.5 Å². The number of thiazole rings is 1. The molecule has 0 bridgehead atoms. The molecule has 0 aromatic carbocycles. The number of rotatable bonds is 4. The van der Waals surface area contributed by atoms with Gasteiger partial charge < -0.3 is 4.74 Å². The van der Waals surface area contributed by atoms with Crippen molar-refractivity contribution in [2.75, 3.05) is 6.61 Å². The van der Waals surface area contributed by atoms with E-state index in [9.17, 15) is 14.9 Å². The molecule has 0 radical (unpaired) electrons. The van der Waals surface area contributed by atoms with Gasteiger partial charge in [0.1, 0.15) is 0 Å². The Morgan fingerprint density at radius 1 is 1.64 bits per heavy atom. The van der Waals surface area contributed by atoms with Gasteiger partial charge in [-0.15, -0.1) is 11.3 Å². The largest absolute Gasteiger partial charge is 0.461 e. The third kappa shape index (κ3) is 2.41. The molecule has 1 aliphatic rings. The molecule has 0 aliphatic heterocycles. The molecule has 1 atom stereocenters. The zero-order valence-corrected chi connectivity index (χ0v) is 12.6. The normalized spacial score (nSPS) is 17.5. The predicted molar refractivity (Wildman–Crippen MR) is 80.6 cm³/mol. The molecular formula is C14H13N3O4S. The Balaban J connectivity index is 2.01. The lowest BCUT2D eigenvalue weighted by Crippen LogP contribution is -2.13. The number of aromatic nitrogens is 2. The van der Waals surface area contributed by atoms with Crippen LogP contribution in [0.15, 0.2) is 35.5 Å². The van der Waals surface area contributed by atoms with E-state index in [2.05, 4.69) is 4.98 Å². The molecule has 114 valence electrons. The number of carbonyl (C=O) groups excluding carboxylic acids is 1. The zero-order valence-electron chi connectivity index (χ0n) is 11.8. The molecule has 0 fully saturated rings. The summed E-state index contributed by atoms with van der Waals surface area (Å²) >= 11 is 1.35. The first-order valence-electron chi connectivity index (χ1n) is 6.76. The summed E-state index contributed by atoms with van der Waals surface area (Å²) in [6.07, 6.45) is 7.22. The summed E-state index contributed by atoms with van der Waals surface area (Å²) < 4.78 is 6.66. The number of imidazole rings is 1. The number of ether oxygens (including phenoxy) is 1. The van der Waals surface area contributed by atoms with Gasteiger partial charge in [-0.05, 0) is 13.3 Å². The van der Waals surface area contributed by atoms with Crippen LogP contribution in [0.5, 0.6) is 0 Å². The second-order valence-electron chi connectivity index (χ2n) is 4.72. The first-order chi connectivity index (χ1) is 10.6. The van der Waals surface area contributed by atoms with Crippen molar-refractivity contribution in [3.8, 4) is 0 Å². The van der Waals surface area contributed by atoms with E-state index in [0.717, 1.165) is 5.69 Å². The van der Waals surface area contributed by atoms with E-state index in [1.54, 1.807) is 23.6 Å². The van der Waals surface area contributed by atoms with Crippen LogP contribution in [-0.4, -0.2) is 26.9 Å². The van der Waals surface area contributed by atoms with Crippen molar-refractivity contribution in [2.24, 2.45) is 0 Å². The fraction of sp³-hybridized carbons (Fsp3) is 0.286. The number of carbonyl (C=O) groups is 1. The number of nitrogens with zero attached hydrogens (tertiary/aromatic N) is 3. The quantitative estimate of drug-likeness (QED) is 0.491. The van der Waals surface area contributed by atoms with Crippen molar-refractivity contribution >= 4 is 22.3 Å². The van der Waals surface area contributed by atoms with Crippen molar-refractivity contribution in [1.29, 1.82) is 0 Å². The Morgan fingerprint density at radius 3 is 3.18 bits per heavy atom. The Labute approximate surface area is 129 Å². The van der Waals surface area contributed by atoms with Crippen LogP contribution in [0.25, 0.3) is 4.96 Å². The maximum atomic E-state index is 11.7. The molecule has 22 heavy (non-hydrogen) atoms. The number of hydrogen-bond donors (Lipinski definition) is 0. The van der Waals surface area contributed by atoms with E-state index < -0.39 is 5.97 Å². The molecule has 0 spiro atoms. The highest BCUT2D eigenvalue weighted by Gasteiger charge is 2.30. The Hall–Kier alpha value is -2.48. The van der Waals surface area contributed by atoms with Crippen molar-refractivity contribution in [3.05, 3.63) is 57.0 Å².